The number of hydrogen-bond acceptors (Lipinski definition) is 6. The first-order valence-corrected chi connectivity index (χ1v) is 13.9. The molecule has 204 valence electrons. The maximum absolute atomic E-state index is 13.9. The van der Waals surface area contributed by atoms with Gasteiger partial charge in [-0.3, -0.25) is 4.79 Å². The highest BCUT2D eigenvalue weighted by Crippen LogP contribution is 2.49. The number of hydrogen-bond donors (Lipinski definition) is 1. The standard InChI is InChI=1S/C32H27Cl2NO5/c1-18-29(32(37)38-12-11-19-5-3-2-4-6-19)30(23-15-27-28(16-24(23)34)40-17-39-27)31-25(35-18)13-21(14-26(31)36)20-7-9-22(33)10-8-20/h2-10,15-16,21,30,35H,11-14,17H2,1H3/t21-,30-/m0/s1. The Morgan fingerprint density at radius 1 is 1.00 bits per heavy atom. The highest BCUT2D eigenvalue weighted by Gasteiger charge is 2.42. The molecule has 0 spiro atoms. The van der Waals surface area contributed by atoms with E-state index in [0.29, 0.717) is 63.2 Å². The number of Topliss-reactive ketones (excluding diaryl/α,β-unsaturated/α-hetero) is 1. The molecule has 2 atom stereocenters. The molecular formula is C32H27Cl2NO5. The van der Waals surface area contributed by atoms with Crippen LogP contribution in [0.15, 0.2) is 89.3 Å². The Labute approximate surface area is 242 Å². The van der Waals surface area contributed by atoms with Gasteiger partial charge < -0.3 is 19.5 Å². The maximum Gasteiger partial charge on any atom is 0.336 e. The van der Waals surface area contributed by atoms with Crippen LogP contribution in [0.5, 0.6) is 11.5 Å². The third-order valence-corrected chi connectivity index (χ3v) is 8.24. The second-order valence-corrected chi connectivity index (χ2v) is 11.0. The number of fused-ring (bicyclic) bond motifs is 1. The van der Waals surface area contributed by atoms with Crippen LogP contribution in [-0.4, -0.2) is 25.2 Å². The Hall–Kier alpha value is -3.74. The first-order valence-electron chi connectivity index (χ1n) is 13.2. The van der Waals surface area contributed by atoms with Crippen molar-refractivity contribution in [3.05, 3.63) is 116 Å². The summed E-state index contributed by atoms with van der Waals surface area (Å²) in [5.74, 6) is -0.204. The van der Waals surface area contributed by atoms with Crippen LogP contribution >= 0.6 is 23.2 Å². The van der Waals surface area contributed by atoms with Crippen LogP contribution in [-0.2, 0) is 20.7 Å². The van der Waals surface area contributed by atoms with E-state index in [9.17, 15) is 9.59 Å². The molecule has 3 aliphatic rings. The van der Waals surface area contributed by atoms with Crippen molar-refractivity contribution in [2.75, 3.05) is 13.4 Å². The lowest BCUT2D eigenvalue weighted by Gasteiger charge is -2.37. The molecule has 1 aliphatic carbocycles. The van der Waals surface area contributed by atoms with Gasteiger partial charge in [0.25, 0.3) is 0 Å². The van der Waals surface area contributed by atoms with Gasteiger partial charge in [-0.1, -0.05) is 65.7 Å². The summed E-state index contributed by atoms with van der Waals surface area (Å²) in [7, 11) is 0. The largest absolute Gasteiger partial charge is 0.462 e. The third-order valence-electron chi connectivity index (χ3n) is 7.66. The fourth-order valence-corrected chi connectivity index (χ4v) is 6.12. The van der Waals surface area contributed by atoms with Crippen molar-refractivity contribution in [3.63, 3.8) is 0 Å². The van der Waals surface area contributed by atoms with Gasteiger partial charge in [0.15, 0.2) is 17.3 Å². The summed E-state index contributed by atoms with van der Waals surface area (Å²) in [5, 5.41) is 4.42. The van der Waals surface area contributed by atoms with Crippen molar-refractivity contribution in [1.82, 2.24) is 5.32 Å². The Morgan fingerprint density at radius 2 is 1.73 bits per heavy atom. The quantitative estimate of drug-likeness (QED) is 0.323. The van der Waals surface area contributed by atoms with Gasteiger partial charge >= 0.3 is 5.97 Å². The second-order valence-electron chi connectivity index (χ2n) is 10.2. The molecule has 3 aromatic rings. The van der Waals surface area contributed by atoms with Crippen LogP contribution in [0.25, 0.3) is 0 Å². The first kappa shape index (κ1) is 26.5. The highest BCUT2D eigenvalue weighted by atomic mass is 35.5. The minimum Gasteiger partial charge on any atom is -0.462 e. The van der Waals surface area contributed by atoms with Crippen molar-refractivity contribution in [2.45, 2.75) is 38.0 Å². The van der Waals surface area contributed by atoms with E-state index >= 15 is 0 Å². The van der Waals surface area contributed by atoms with Crippen molar-refractivity contribution in [1.29, 1.82) is 0 Å². The molecule has 2 aliphatic heterocycles. The number of esters is 1. The molecule has 3 aromatic carbocycles. The van der Waals surface area contributed by atoms with E-state index in [1.54, 1.807) is 12.1 Å². The zero-order chi connectivity index (χ0) is 27.8. The molecule has 40 heavy (non-hydrogen) atoms. The van der Waals surface area contributed by atoms with Gasteiger partial charge in [-0.15, -0.1) is 0 Å². The van der Waals surface area contributed by atoms with Crippen LogP contribution in [0.1, 0.15) is 48.3 Å². The molecule has 0 saturated heterocycles. The monoisotopic (exact) mass is 575 g/mol. The predicted octanol–water partition coefficient (Wildman–Crippen LogP) is 6.87. The molecule has 6 nitrogen and oxygen atoms in total. The summed E-state index contributed by atoms with van der Waals surface area (Å²) >= 11 is 12.9. The predicted molar refractivity (Wildman–Crippen MR) is 153 cm³/mol. The third kappa shape index (κ3) is 5.09. The van der Waals surface area contributed by atoms with Crippen molar-refractivity contribution >= 4 is 35.0 Å². The summed E-state index contributed by atoms with van der Waals surface area (Å²) in [6.07, 6.45) is 1.49. The lowest BCUT2D eigenvalue weighted by atomic mass is 9.71. The van der Waals surface area contributed by atoms with Crippen LogP contribution < -0.4 is 14.8 Å². The zero-order valence-corrected chi connectivity index (χ0v) is 23.4. The number of halogens is 2. The van der Waals surface area contributed by atoms with E-state index < -0.39 is 11.9 Å². The number of benzene rings is 3. The number of carbonyl (C=O) groups excluding carboxylic acids is 2. The van der Waals surface area contributed by atoms with Crippen LogP contribution in [0, 0.1) is 0 Å². The van der Waals surface area contributed by atoms with E-state index in [0.717, 1.165) is 16.8 Å². The lowest BCUT2D eigenvalue weighted by molar-refractivity contribution is -0.139. The second kappa shape index (κ2) is 11.0. The normalized spacial score (nSPS) is 19.8. The summed E-state index contributed by atoms with van der Waals surface area (Å²) in [5.41, 5.74) is 5.03. The van der Waals surface area contributed by atoms with E-state index in [4.69, 9.17) is 37.4 Å². The van der Waals surface area contributed by atoms with Gasteiger partial charge in [0.2, 0.25) is 6.79 Å². The van der Waals surface area contributed by atoms with Gasteiger partial charge in [0.1, 0.15) is 0 Å². The van der Waals surface area contributed by atoms with E-state index in [1.807, 2.05) is 61.5 Å². The fraction of sp³-hybridized carbons (Fsp3) is 0.250. The van der Waals surface area contributed by atoms with Crippen molar-refractivity contribution in [3.8, 4) is 11.5 Å². The summed E-state index contributed by atoms with van der Waals surface area (Å²) in [6, 6.07) is 20.9. The molecule has 0 bridgehead atoms. The Morgan fingerprint density at radius 3 is 2.48 bits per heavy atom. The molecular weight excluding hydrogens is 549 g/mol. The average Bonchev–Trinajstić information content (AvgIpc) is 3.40. The Kier molecular flexibility index (Phi) is 7.30. The van der Waals surface area contributed by atoms with Crippen LogP contribution in [0.3, 0.4) is 0 Å². The number of rotatable bonds is 6. The highest BCUT2D eigenvalue weighted by molar-refractivity contribution is 6.32. The summed E-state index contributed by atoms with van der Waals surface area (Å²) in [6.45, 7) is 2.13. The molecule has 0 saturated carbocycles. The van der Waals surface area contributed by atoms with Gasteiger partial charge in [0, 0.05) is 51.8 Å². The van der Waals surface area contributed by atoms with Crippen LogP contribution in [0.4, 0.5) is 0 Å². The molecule has 6 rings (SSSR count). The summed E-state index contributed by atoms with van der Waals surface area (Å²) < 4.78 is 16.9. The Bertz CT molecular complexity index is 1550. The maximum atomic E-state index is 13.9. The van der Waals surface area contributed by atoms with Gasteiger partial charge in [-0.05, 0) is 54.2 Å². The van der Waals surface area contributed by atoms with E-state index in [2.05, 4.69) is 5.32 Å². The number of ketones is 1. The number of dihydropyridines is 1. The van der Waals surface area contributed by atoms with Gasteiger partial charge in [-0.25, -0.2) is 4.79 Å². The van der Waals surface area contributed by atoms with Gasteiger partial charge in [0.05, 0.1) is 12.2 Å². The Balaban J connectivity index is 1.36. The van der Waals surface area contributed by atoms with Crippen molar-refractivity contribution < 1.29 is 23.8 Å². The molecule has 1 N–H and O–H groups in total. The molecule has 0 amide bonds. The topological polar surface area (TPSA) is 73.9 Å². The molecule has 0 radical (unpaired) electrons. The zero-order valence-electron chi connectivity index (χ0n) is 21.8. The number of nitrogens with one attached hydrogen (secondary N) is 1. The lowest BCUT2D eigenvalue weighted by Crippen LogP contribution is -2.36. The number of ether oxygens (including phenoxy) is 3. The fourth-order valence-electron chi connectivity index (χ4n) is 5.73. The molecule has 0 unspecified atom stereocenters. The SMILES string of the molecule is CC1=C(C(=O)OCCc2ccccc2)[C@H](c2cc3c(cc2Cl)OCO3)C2=C(C[C@H](c3ccc(Cl)cc3)CC2=O)N1. The van der Waals surface area contributed by atoms with Gasteiger partial charge in [-0.2, -0.15) is 0 Å². The minimum atomic E-state index is -0.707. The molecule has 8 heteroatoms. The smallest absolute Gasteiger partial charge is 0.336 e. The average molecular weight is 576 g/mol. The minimum absolute atomic E-state index is 0.0175. The van der Waals surface area contributed by atoms with E-state index in [-0.39, 0.29) is 25.1 Å². The van der Waals surface area contributed by atoms with Crippen LogP contribution in [0.2, 0.25) is 10.0 Å². The van der Waals surface area contributed by atoms with E-state index in [1.165, 1.54) is 0 Å². The van der Waals surface area contributed by atoms with Crippen molar-refractivity contribution in [2.24, 2.45) is 0 Å². The molecule has 0 fully saturated rings. The number of carbonyl (C=O) groups is 2. The first-order chi connectivity index (χ1) is 19.4. The molecule has 0 aromatic heterocycles. The molecule has 2 heterocycles. The summed E-state index contributed by atoms with van der Waals surface area (Å²) in [4.78, 5) is 27.5. The number of allylic oxidation sites excluding steroid dienone is 3.